The highest BCUT2D eigenvalue weighted by Gasteiger charge is 2.14. The number of nitrogens with zero attached hydrogens (tertiary/aromatic N) is 2. The average molecular weight is 272 g/mol. The van der Waals surface area contributed by atoms with Crippen molar-refractivity contribution in [2.24, 2.45) is 0 Å². The van der Waals surface area contributed by atoms with E-state index in [0.717, 1.165) is 5.69 Å². The number of nitrogens with two attached hydrogens (primary N) is 1. The van der Waals surface area contributed by atoms with E-state index in [9.17, 15) is 14.9 Å². The summed E-state index contributed by atoms with van der Waals surface area (Å²) in [7, 11) is 0. The van der Waals surface area contributed by atoms with Crippen LogP contribution in [0, 0.1) is 17.0 Å². The van der Waals surface area contributed by atoms with Gasteiger partial charge in [0.25, 0.3) is 11.6 Å². The van der Waals surface area contributed by atoms with Gasteiger partial charge in [0.15, 0.2) is 0 Å². The maximum absolute atomic E-state index is 12.0. The number of nitrogen functional groups attached to an aromatic ring is 1. The van der Waals surface area contributed by atoms with E-state index in [4.69, 9.17) is 5.73 Å². The third kappa shape index (κ3) is 2.89. The van der Waals surface area contributed by atoms with E-state index in [0.29, 0.717) is 5.69 Å². The first kappa shape index (κ1) is 13.5. The van der Waals surface area contributed by atoms with Gasteiger partial charge in [-0.2, -0.15) is 0 Å². The molecule has 0 saturated heterocycles. The minimum Gasteiger partial charge on any atom is -0.393 e. The van der Waals surface area contributed by atoms with Crippen molar-refractivity contribution in [1.82, 2.24) is 4.98 Å². The van der Waals surface area contributed by atoms with Gasteiger partial charge >= 0.3 is 0 Å². The van der Waals surface area contributed by atoms with Crippen molar-refractivity contribution < 1.29 is 9.72 Å². The van der Waals surface area contributed by atoms with Crippen LogP contribution in [0.25, 0.3) is 0 Å². The van der Waals surface area contributed by atoms with Crippen LogP contribution < -0.4 is 11.1 Å². The standard InChI is InChI=1S/C13H12N4O3/c1-8-2-4-10(7-15-8)16-13(18)9-3-5-12(17(19)20)11(14)6-9/h2-7H,14H2,1H3,(H,16,18). The molecule has 102 valence electrons. The fourth-order valence-corrected chi connectivity index (χ4v) is 1.61. The number of hydrogen-bond acceptors (Lipinski definition) is 5. The number of hydrogen-bond donors (Lipinski definition) is 2. The quantitative estimate of drug-likeness (QED) is 0.505. The zero-order chi connectivity index (χ0) is 14.7. The molecule has 1 aromatic carbocycles. The van der Waals surface area contributed by atoms with Gasteiger partial charge in [-0.05, 0) is 31.2 Å². The maximum Gasteiger partial charge on any atom is 0.292 e. The Bertz CT molecular complexity index is 668. The van der Waals surface area contributed by atoms with E-state index < -0.39 is 10.8 Å². The van der Waals surface area contributed by atoms with Crippen LogP contribution in [-0.4, -0.2) is 15.8 Å². The Morgan fingerprint density at radius 2 is 2.10 bits per heavy atom. The number of amides is 1. The van der Waals surface area contributed by atoms with Crippen LogP contribution in [0.15, 0.2) is 36.5 Å². The molecule has 0 aliphatic rings. The fraction of sp³-hybridized carbons (Fsp3) is 0.0769. The van der Waals surface area contributed by atoms with Crippen LogP contribution in [0.2, 0.25) is 0 Å². The third-order valence-corrected chi connectivity index (χ3v) is 2.66. The maximum atomic E-state index is 12.0. The molecule has 0 bridgehead atoms. The highest BCUT2D eigenvalue weighted by atomic mass is 16.6. The van der Waals surface area contributed by atoms with Gasteiger partial charge in [-0.25, -0.2) is 0 Å². The van der Waals surface area contributed by atoms with Gasteiger partial charge in [-0.15, -0.1) is 0 Å². The lowest BCUT2D eigenvalue weighted by Crippen LogP contribution is -2.12. The number of carbonyl (C=O) groups excluding carboxylic acids is 1. The molecule has 0 unspecified atom stereocenters. The van der Waals surface area contributed by atoms with Crippen LogP contribution in [0.5, 0.6) is 0 Å². The Kier molecular flexibility index (Phi) is 3.60. The highest BCUT2D eigenvalue weighted by molar-refractivity contribution is 6.05. The lowest BCUT2D eigenvalue weighted by atomic mass is 10.1. The molecule has 0 radical (unpaired) electrons. The highest BCUT2D eigenvalue weighted by Crippen LogP contribution is 2.22. The Labute approximate surface area is 114 Å². The van der Waals surface area contributed by atoms with Gasteiger partial charge in [0, 0.05) is 17.3 Å². The van der Waals surface area contributed by atoms with Gasteiger partial charge in [0.05, 0.1) is 16.8 Å². The van der Waals surface area contributed by atoms with Crippen LogP contribution in [-0.2, 0) is 0 Å². The lowest BCUT2D eigenvalue weighted by molar-refractivity contribution is -0.383. The molecular formula is C13H12N4O3. The summed E-state index contributed by atoms with van der Waals surface area (Å²) in [4.78, 5) is 26.1. The van der Waals surface area contributed by atoms with E-state index in [1.807, 2.05) is 6.92 Å². The average Bonchev–Trinajstić information content (AvgIpc) is 2.40. The van der Waals surface area contributed by atoms with Gasteiger partial charge < -0.3 is 11.1 Å². The molecule has 1 amide bonds. The number of pyridine rings is 1. The van der Waals surface area contributed by atoms with Crippen LogP contribution in [0.4, 0.5) is 17.1 Å². The minimum absolute atomic E-state index is 0.0512. The van der Waals surface area contributed by atoms with E-state index in [1.54, 1.807) is 12.1 Å². The number of carbonyl (C=O) groups is 1. The van der Waals surface area contributed by atoms with Crippen LogP contribution >= 0.6 is 0 Å². The molecule has 1 aromatic heterocycles. The van der Waals surface area contributed by atoms with Gasteiger partial charge in [0.1, 0.15) is 5.69 Å². The number of anilines is 2. The summed E-state index contributed by atoms with van der Waals surface area (Å²) in [6, 6.07) is 7.31. The predicted molar refractivity (Wildman–Crippen MR) is 74.4 cm³/mol. The molecule has 3 N–H and O–H groups in total. The second kappa shape index (κ2) is 5.35. The SMILES string of the molecule is Cc1ccc(NC(=O)c2ccc([N+](=O)[O-])c(N)c2)cn1. The molecule has 2 rings (SSSR count). The molecular weight excluding hydrogens is 260 g/mol. The molecule has 20 heavy (non-hydrogen) atoms. The number of nitrogens with one attached hydrogen (secondary N) is 1. The van der Waals surface area contributed by atoms with Crippen LogP contribution in [0.3, 0.4) is 0 Å². The lowest BCUT2D eigenvalue weighted by Gasteiger charge is -2.06. The monoisotopic (exact) mass is 272 g/mol. The first-order valence-corrected chi connectivity index (χ1v) is 5.75. The molecule has 0 atom stereocenters. The van der Waals surface area contributed by atoms with Crippen molar-refractivity contribution in [3.05, 3.63) is 57.9 Å². The Hall–Kier alpha value is -2.96. The molecule has 0 spiro atoms. The topological polar surface area (TPSA) is 111 Å². The van der Waals surface area contributed by atoms with Gasteiger partial charge in [-0.1, -0.05) is 0 Å². The zero-order valence-electron chi connectivity index (χ0n) is 10.7. The van der Waals surface area contributed by atoms with Crippen molar-refractivity contribution in [3.8, 4) is 0 Å². The number of benzene rings is 1. The Balaban J connectivity index is 2.19. The summed E-state index contributed by atoms with van der Waals surface area (Å²) < 4.78 is 0. The van der Waals surface area contributed by atoms with E-state index in [-0.39, 0.29) is 16.9 Å². The first-order chi connectivity index (χ1) is 9.47. The van der Waals surface area contributed by atoms with Crippen molar-refractivity contribution in [3.63, 3.8) is 0 Å². The van der Waals surface area contributed by atoms with Crippen molar-refractivity contribution in [2.45, 2.75) is 6.92 Å². The molecule has 1 heterocycles. The second-order valence-electron chi connectivity index (χ2n) is 4.17. The molecule has 0 aliphatic heterocycles. The molecule has 2 aromatic rings. The smallest absolute Gasteiger partial charge is 0.292 e. The summed E-state index contributed by atoms with van der Waals surface area (Å²) in [5.41, 5.74) is 6.88. The molecule has 7 heteroatoms. The summed E-state index contributed by atoms with van der Waals surface area (Å²) in [6.45, 7) is 1.84. The number of aryl methyl sites for hydroxylation is 1. The number of aromatic nitrogens is 1. The number of rotatable bonds is 3. The molecule has 0 fully saturated rings. The van der Waals surface area contributed by atoms with E-state index in [1.165, 1.54) is 24.4 Å². The van der Waals surface area contributed by atoms with Gasteiger partial charge in [-0.3, -0.25) is 19.9 Å². The van der Waals surface area contributed by atoms with E-state index >= 15 is 0 Å². The predicted octanol–water partition coefficient (Wildman–Crippen LogP) is 2.13. The largest absolute Gasteiger partial charge is 0.393 e. The van der Waals surface area contributed by atoms with E-state index in [2.05, 4.69) is 10.3 Å². The molecule has 7 nitrogen and oxygen atoms in total. The summed E-state index contributed by atoms with van der Waals surface area (Å²) in [5.74, 6) is -0.405. The Morgan fingerprint density at radius 3 is 2.65 bits per heavy atom. The number of nitro groups is 1. The first-order valence-electron chi connectivity index (χ1n) is 5.75. The van der Waals surface area contributed by atoms with Crippen molar-refractivity contribution >= 4 is 23.0 Å². The number of nitro benzene ring substituents is 1. The fourth-order valence-electron chi connectivity index (χ4n) is 1.61. The van der Waals surface area contributed by atoms with Gasteiger partial charge in [0.2, 0.25) is 0 Å². The zero-order valence-corrected chi connectivity index (χ0v) is 10.7. The minimum atomic E-state index is -0.596. The summed E-state index contributed by atoms with van der Waals surface area (Å²) in [5, 5.41) is 13.3. The Morgan fingerprint density at radius 1 is 1.35 bits per heavy atom. The molecule has 0 saturated carbocycles. The third-order valence-electron chi connectivity index (χ3n) is 2.66. The second-order valence-corrected chi connectivity index (χ2v) is 4.17. The summed E-state index contributed by atoms with van der Waals surface area (Å²) >= 11 is 0. The van der Waals surface area contributed by atoms with Crippen LogP contribution in [0.1, 0.15) is 16.1 Å². The normalized spacial score (nSPS) is 10.1. The van der Waals surface area contributed by atoms with Crippen molar-refractivity contribution in [2.75, 3.05) is 11.1 Å². The summed E-state index contributed by atoms with van der Waals surface area (Å²) in [6.07, 6.45) is 1.53. The molecule has 0 aliphatic carbocycles. The van der Waals surface area contributed by atoms with Crippen molar-refractivity contribution in [1.29, 1.82) is 0 Å².